The molecular weight excluding hydrogens is 454 g/mol. The Morgan fingerprint density at radius 1 is 0.943 bits per heavy atom. The lowest BCUT2D eigenvalue weighted by molar-refractivity contribution is -0.644. The summed E-state index contributed by atoms with van der Waals surface area (Å²) >= 11 is 0. The van der Waals surface area contributed by atoms with E-state index < -0.39 is 37.3 Å². The molecule has 4 rings (SSSR count). The fourth-order valence-corrected chi connectivity index (χ4v) is 4.11. The number of methoxy groups -OCH3 is 2. The van der Waals surface area contributed by atoms with Gasteiger partial charge in [-0.1, -0.05) is 24.3 Å². The summed E-state index contributed by atoms with van der Waals surface area (Å²) in [6.45, 7) is -0.561. The zero-order chi connectivity index (χ0) is 25.1. The van der Waals surface area contributed by atoms with E-state index in [-0.39, 0.29) is 5.75 Å². The number of rotatable bonds is 7. The number of pyridine rings is 1. The Hall–Kier alpha value is -3.21. The number of nitrogens with zero attached hydrogens (tertiary/aromatic N) is 1. The molecular formula is C26H30NO8+. The Labute approximate surface area is 203 Å². The van der Waals surface area contributed by atoms with Gasteiger partial charge in [-0.05, 0) is 29.3 Å². The fourth-order valence-electron chi connectivity index (χ4n) is 4.11. The van der Waals surface area contributed by atoms with Crippen LogP contribution in [0.2, 0.25) is 0 Å². The van der Waals surface area contributed by atoms with E-state index in [1.54, 1.807) is 12.1 Å². The first-order chi connectivity index (χ1) is 16.9. The molecule has 0 unspecified atom stereocenters. The van der Waals surface area contributed by atoms with Gasteiger partial charge in [-0.3, -0.25) is 0 Å². The van der Waals surface area contributed by atoms with Gasteiger partial charge in [0.25, 0.3) is 0 Å². The van der Waals surface area contributed by atoms with Gasteiger partial charge in [0.2, 0.25) is 17.6 Å². The molecule has 3 aromatic rings. The number of fused-ring (bicyclic) bond motifs is 1. The number of para-hydroxylation sites is 1. The lowest BCUT2D eigenvalue weighted by atomic mass is 9.99. The third-order valence-electron chi connectivity index (χ3n) is 6.09. The van der Waals surface area contributed by atoms with E-state index in [1.807, 2.05) is 43.6 Å². The van der Waals surface area contributed by atoms with Gasteiger partial charge in [0.05, 0.1) is 26.2 Å². The Morgan fingerprint density at radius 3 is 2.29 bits per heavy atom. The van der Waals surface area contributed by atoms with Crippen LogP contribution < -0.4 is 18.8 Å². The summed E-state index contributed by atoms with van der Waals surface area (Å²) < 4.78 is 24.3. The van der Waals surface area contributed by atoms with Gasteiger partial charge >= 0.3 is 0 Å². The van der Waals surface area contributed by atoms with Gasteiger partial charge in [0.1, 0.15) is 31.5 Å². The number of hydrogen-bond acceptors (Lipinski definition) is 8. The molecule has 2 aromatic carbocycles. The first-order valence-electron chi connectivity index (χ1n) is 11.2. The van der Waals surface area contributed by atoms with Gasteiger partial charge in [-0.25, -0.2) is 4.57 Å². The molecule has 5 atom stereocenters. The SMILES string of the molecule is COc1cc(C=Cc2cc[n+](C)c3ccccc23)cc(OC)c1O[C@@H]1O[C@H](CO)[C@H](O)[C@H](O)[C@H]1O. The van der Waals surface area contributed by atoms with Crippen molar-refractivity contribution in [3.8, 4) is 17.2 Å². The highest BCUT2D eigenvalue weighted by Gasteiger charge is 2.45. The van der Waals surface area contributed by atoms with Crippen LogP contribution in [0, 0.1) is 0 Å². The molecule has 1 saturated heterocycles. The molecule has 0 radical (unpaired) electrons. The maximum absolute atomic E-state index is 10.3. The fraction of sp³-hybridized carbons (Fsp3) is 0.346. The average Bonchev–Trinajstić information content (AvgIpc) is 2.88. The monoisotopic (exact) mass is 484 g/mol. The summed E-state index contributed by atoms with van der Waals surface area (Å²) in [5.74, 6) is 0.768. The third-order valence-corrected chi connectivity index (χ3v) is 6.09. The minimum atomic E-state index is -1.56. The van der Waals surface area contributed by atoms with Crippen molar-refractivity contribution in [3.05, 3.63) is 59.8 Å². The van der Waals surface area contributed by atoms with E-state index in [4.69, 9.17) is 18.9 Å². The van der Waals surface area contributed by atoms with Gasteiger partial charge in [0, 0.05) is 12.1 Å². The van der Waals surface area contributed by atoms with Crippen LogP contribution in [-0.2, 0) is 11.8 Å². The van der Waals surface area contributed by atoms with Gasteiger partial charge in [-0.15, -0.1) is 0 Å². The molecule has 1 aliphatic heterocycles. The maximum atomic E-state index is 10.3. The van der Waals surface area contributed by atoms with Crippen LogP contribution >= 0.6 is 0 Å². The lowest BCUT2D eigenvalue weighted by Gasteiger charge is -2.39. The molecule has 0 amide bonds. The van der Waals surface area contributed by atoms with Crippen LogP contribution in [0.5, 0.6) is 17.2 Å². The average molecular weight is 485 g/mol. The Morgan fingerprint density at radius 2 is 1.63 bits per heavy atom. The van der Waals surface area contributed by atoms with Gasteiger partial charge in [0.15, 0.2) is 17.7 Å². The quantitative estimate of drug-likeness (QED) is 0.367. The van der Waals surface area contributed by atoms with Crippen LogP contribution in [-0.4, -0.2) is 72.0 Å². The number of benzene rings is 2. The van der Waals surface area contributed by atoms with Gasteiger partial charge < -0.3 is 39.4 Å². The predicted octanol–water partition coefficient (Wildman–Crippen LogP) is 1.03. The molecule has 35 heavy (non-hydrogen) atoms. The van der Waals surface area contributed by atoms with E-state index in [2.05, 4.69) is 16.7 Å². The summed E-state index contributed by atoms with van der Waals surface area (Å²) in [4.78, 5) is 0. The van der Waals surface area contributed by atoms with Crippen LogP contribution in [0.1, 0.15) is 11.1 Å². The summed E-state index contributed by atoms with van der Waals surface area (Å²) in [6, 6.07) is 13.6. The normalized spacial score (nSPS) is 24.6. The van der Waals surface area contributed by atoms with Crippen molar-refractivity contribution in [1.29, 1.82) is 0 Å². The van der Waals surface area contributed by atoms with Crippen molar-refractivity contribution in [2.24, 2.45) is 7.05 Å². The molecule has 0 spiro atoms. The molecule has 0 aliphatic carbocycles. The largest absolute Gasteiger partial charge is 0.493 e. The number of ether oxygens (including phenoxy) is 4. The second-order valence-electron chi connectivity index (χ2n) is 8.30. The summed E-state index contributed by atoms with van der Waals surface area (Å²) in [5.41, 5.74) is 2.92. The molecule has 9 nitrogen and oxygen atoms in total. The molecule has 9 heteroatoms. The van der Waals surface area contributed by atoms with Crippen LogP contribution in [0.15, 0.2) is 48.7 Å². The number of aryl methyl sites for hydroxylation is 1. The van der Waals surface area contributed by atoms with E-state index >= 15 is 0 Å². The van der Waals surface area contributed by atoms with Crippen LogP contribution in [0.4, 0.5) is 0 Å². The zero-order valence-corrected chi connectivity index (χ0v) is 19.7. The van der Waals surface area contributed by atoms with Gasteiger partial charge in [-0.2, -0.15) is 0 Å². The molecule has 1 aromatic heterocycles. The first kappa shape index (κ1) is 24.9. The van der Waals surface area contributed by atoms with Crippen LogP contribution in [0.3, 0.4) is 0 Å². The number of aliphatic hydroxyl groups is 4. The molecule has 2 heterocycles. The Balaban J connectivity index is 1.65. The lowest BCUT2D eigenvalue weighted by Crippen LogP contribution is -2.60. The topological polar surface area (TPSA) is 122 Å². The highest BCUT2D eigenvalue weighted by molar-refractivity contribution is 5.89. The van der Waals surface area contributed by atoms with Crippen molar-refractivity contribution >= 4 is 23.1 Å². The molecule has 1 aliphatic rings. The second-order valence-corrected chi connectivity index (χ2v) is 8.30. The maximum Gasteiger partial charge on any atom is 0.229 e. The van der Waals surface area contributed by atoms with Crippen molar-refractivity contribution in [2.75, 3.05) is 20.8 Å². The first-order valence-corrected chi connectivity index (χ1v) is 11.2. The van der Waals surface area contributed by atoms with E-state index in [9.17, 15) is 20.4 Å². The van der Waals surface area contributed by atoms with Crippen molar-refractivity contribution in [3.63, 3.8) is 0 Å². The molecule has 1 fully saturated rings. The summed E-state index contributed by atoms with van der Waals surface area (Å²) in [7, 11) is 4.93. The summed E-state index contributed by atoms with van der Waals surface area (Å²) in [6.07, 6.45) is -1.16. The van der Waals surface area contributed by atoms with Crippen LogP contribution in [0.25, 0.3) is 23.1 Å². The number of aliphatic hydroxyl groups excluding tert-OH is 4. The Bertz CT molecular complexity index is 1190. The number of aromatic nitrogens is 1. The van der Waals surface area contributed by atoms with E-state index in [1.165, 1.54) is 14.2 Å². The van der Waals surface area contributed by atoms with E-state index in [0.717, 1.165) is 22.0 Å². The minimum Gasteiger partial charge on any atom is -0.493 e. The predicted molar refractivity (Wildman–Crippen MR) is 128 cm³/mol. The van der Waals surface area contributed by atoms with Crippen molar-refractivity contribution < 1.29 is 43.9 Å². The van der Waals surface area contributed by atoms with Crippen molar-refractivity contribution in [2.45, 2.75) is 30.7 Å². The number of hydrogen-bond donors (Lipinski definition) is 4. The molecule has 0 bridgehead atoms. The zero-order valence-electron chi connectivity index (χ0n) is 19.7. The summed E-state index contributed by atoms with van der Waals surface area (Å²) in [5, 5.41) is 41.0. The molecule has 4 N–H and O–H groups in total. The third kappa shape index (κ3) is 4.95. The molecule has 0 saturated carbocycles. The van der Waals surface area contributed by atoms with Crippen molar-refractivity contribution in [1.82, 2.24) is 0 Å². The smallest absolute Gasteiger partial charge is 0.229 e. The van der Waals surface area contributed by atoms with E-state index in [0.29, 0.717) is 11.5 Å². The highest BCUT2D eigenvalue weighted by atomic mass is 16.7. The Kier molecular flexibility index (Phi) is 7.54. The standard InChI is InChI=1S/C26H30NO8/c1-27-11-10-16(17-6-4-5-7-18(17)27)9-8-15-12-19(32-2)25(20(13-15)33-3)35-26-24(31)23(30)22(29)21(14-28)34-26/h4-13,21-24,26,28-31H,14H2,1-3H3/q+1/t21-,22+,23+,24-,26+/m1/s1. The minimum absolute atomic E-state index is 0.147. The molecule has 186 valence electrons. The second kappa shape index (κ2) is 10.6. The highest BCUT2D eigenvalue weighted by Crippen LogP contribution is 2.41.